The van der Waals surface area contributed by atoms with E-state index in [0.717, 1.165) is 24.4 Å². The number of benzene rings is 6. The first-order valence-corrected chi connectivity index (χ1v) is 17.6. The molecule has 6 aromatic carbocycles. The summed E-state index contributed by atoms with van der Waals surface area (Å²) in [5.41, 5.74) is 9.87. The number of rotatable bonds is 5. The molecule has 2 aromatic heterocycles. The lowest BCUT2D eigenvalue weighted by atomic mass is 9.99. The lowest BCUT2D eigenvalue weighted by molar-refractivity contribution is -0.777. The molecule has 0 amide bonds. The smallest absolute Gasteiger partial charge is 0.241 e. The lowest BCUT2D eigenvalue weighted by Crippen LogP contribution is -3.18. The molecule has 4 heteroatoms. The summed E-state index contributed by atoms with van der Waals surface area (Å²) < 4.78 is 5.10. The average Bonchev–Trinajstić information content (AvgIpc) is 3.68. The van der Waals surface area contributed by atoms with Gasteiger partial charge in [-0.05, 0) is 72.5 Å². The van der Waals surface area contributed by atoms with Gasteiger partial charge in [-0.2, -0.15) is 4.99 Å². The summed E-state index contributed by atoms with van der Waals surface area (Å²) in [6, 6.07) is 51.0. The molecule has 0 radical (unpaired) electrons. The molecular formula is C44H32N3S+. The third-order valence-corrected chi connectivity index (χ3v) is 11.2. The summed E-state index contributed by atoms with van der Waals surface area (Å²) in [6.45, 7) is 0. The number of amidine groups is 1. The van der Waals surface area contributed by atoms with Crippen molar-refractivity contribution in [2.24, 2.45) is 4.99 Å². The van der Waals surface area contributed by atoms with Crippen LogP contribution in [0.5, 0.6) is 0 Å². The molecule has 1 aliphatic carbocycles. The maximum Gasteiger partial charge on any atom is 0.241 e. The number of hydrogen-bond donors (Lipinski definition) is 1. The number of para-hydroxylation sites is 1. The van der Waals surface area contributed by atoms with E-state index in [4.69, 9.17) is 4.99 Å². The normalized spacial score (nSPS) is 17.6. The molecule has 228 valence electrons. The number of quaternary nitrogens is 1. The number of aliphatic imine (C=N–C) groups is 1. The van der Waals surface area contributed by atoms with Crippen LogP contribution in [0.3, 0.4) is 0 Å². The van der Waals surface area contributed by atoms with Crippen molar-refractivity contribution in [3.63, 3.8) is 0 Å². The van der Waals surface area contributed by atoms with Gasteiger partial charge in [0.2, 0.25) is 12.0 Å². The third kappa shape index (κ3) is 4.27. The Morgan fingerprint density at radius 1 is 0.625 bits per heavy atom. The molecule has 2 unspecified atom stereocenters. The Morgan fingerprint density at radius 2 is 1.40 bits per heavy atom. The first kappa shape index (κ1) is 27.6. The van der Waals surface area contributed by atoms with E-state index in [1.54, 1.807) is 0 Å². The van der Waals surface area contributed by atoms with Gasteiger partial charge < -0.3 is 4.57 Å². The van der Waals surface area contributed by atoms with E-state index in [1.807, 2.05) is 11.3 Å². The second-order valence-electron chi connectivity index (χ2n) is 12.8. The van der Waals surface area contributed by atoms with E-state index >= 15 is 0 Å². The Hall–Kier alpha value is -5.55. The molecule has 3 nitrogen and oxygen atoms in total. The van der Waals surface area contributed by atoms with Crippen LogP contribution in [0.15, 0.2) is 168 Å². The molecule has 1 N–H and O–H groups in total. The Labute approximate surface area is 283 Å². The molecule has 0 saturated carbocycles. The summed E-state index contributed by atoms with van der Waals surface area (Å²) in [6.07, 6.45) is 9.18. The summed E-state index contributed by atoms with van der Waals surface area (Å²) in [7, 11) is 0. The highest BCUT2D eigenvalue weighted by molar-refractivity contribution is 7.26. The Bertz CT molecular complexity index is 2620. The molecule has 0 saturated heterocycles. The second-order valence-corrected chi connectivity index (χ2v) is 13.8. The average molecular weight is 635 g/mol. The molecule has 3 heterocycles. The van der Waals surface area contributed by atoms with Gasteiger partial charge in [0.25, 0.3) is 0 Å². The van der Waals surface area contributed by atoms with Crippen LogP contribution in [0.4, 0.5) is 5.69 Å². The molecule has 48 heavy (non-hydrogen) atoms. The largest absolute Gasteiger partial charge is 0.309 e. The molecule has 10 rings (SSSR count). The number of fused-ring (bicyclic) bond motifs is 6. The minimum atomic E-state index is 0.0830. The number of thiophene rings is 1. The molecule has 1 aliphatic heterocycles. The quantitative estimate of drug-likeness (QED) is 0.195. The van der Waals surface area contributed by atoms with Crippen molar-refractivity contribution in [3.05, 3.63) is 169 Å². The minimum absolute atomic E-state index is 0.0830. The zero-order valence-electron chi connectivity index (χ0n) is 26.3. The third-order valence-electron chi connectivity index (χ3n) is 10.00. The molecule has 2 aliphatic rings. The Kier molecular flexibility index (Phi) is 6.33. The minimum Gasteiger partial charge on any atom is -0.309 e. The van der Waals surface area contributed by atoms with Gasteiger partial charge in [-0.15, -0.1) is 11.3 Å². The van der Waals surface area contributed by atoms with Gasteiger partial charge in [0, 0.05) is 54.3 Å². The maximum atomic E-state index is 5.15. The Morgan fingerprint density at radius 3 is 2.25 bits per heavy atom. The summed E-state index contributed by atoms with van der Waals surface area (Å²) in [5.74, 6) is 1.10. The van der Waals surface area contributed by atoms with Crippen LogP contribution < -0.4 is 4.90 Å². The van der Waals surface area contributed by atoms with Crippen LogP contribution >= 0.6 is 11.3 Å². The highest BCUT2D eigenvalue weighted by Crippen LogP contribution is 2.41. The van der Waals surface area contributed by atoms with Crippen molar-refractivity contribution < 1.29 is 4.90 Å². The zero-order chi connectivity index (χ0) is 31.6. The molecule has 0 fully saturated rings. The predicted molar refractivity (Wildman–Crippen MR) is 203 cm³/mol. The van der Waals surface area contributed by atoms with Gasteiger partial charge >= 0.3 is 0 Å². The van der Waals surface area contributed by atoms with Crippen LogP contribution in [0.1, 0.15) is 18.4 Å². The van der Waals surface area contributed by atoms with E-state index in [2.05, 4.69) is 162 Å². The first-order valence-electron chi connectivity index (χ1n) is 16.7. The molecule has 0 bridgehead atoms. The van der Waals surface area contributed by atoms with E-state index in [1.165, 1.54) is 74.8 Å². The van der Waals surface area contributed by atoms with Crippen molar-refractivity contribution in [2.75, 3.05) is 0 Å². The van der Waals surface area contributed by atoms with Gasteiger partial charge in [0.1, 0.15) is 5.69 Å². The van der Waals surface area contributed by atoms with E-state index in [-0.39, 0.29) is 6.17 Å². The van der Waals surface area contributed by atoms with Gasteiger partial charge in [-0.25, -0.2) is 4.90 Å². The SMILES string of the molecule is C1=CC(C2N=C(c3ccccc3)[NH+]2c2ccc(-n3c4ccccc4c4cc(-c5cccc6c5sc5ccccc56)ccc43)cc2)=CCC1. The topological polar surface area (TPSA) is 21.7 Å². The fourth-order valence-electron chi connectivity index (χ4n) is 7.71. The standard InChI is InChI=1S/C44H31N3S/c1-3-12-29(13-4-1)43-45-44(30-14-5-2-6-15-30)47(43)33-25-23-32(24-26-33)46-39-20-9-7-16-35(39)38-28-31(22-27-40(38)46)34-18-11-19-37-36-17-8-10-21-41(36)48-42(34)37/h1,3-5,7-28,44H,2,6H2/p+1. The van der Waals surface area contributed by atoms with Crippen molar-refractivity contribution >= 4 is 64.8 Å². The van der Waals surface area contributed by atoms with Crippen LogP contribution in [0.25, 0.3) is 58.8 Å². The Balaban J connectivity index is 1.07. The van der Waals surface area contributed by atoms with Crippen LogP contribution in [-0.4, -0.2) is 16.6 Å². The molecular weight excluding hydrogens is 603 g/mol. The van der Waals surface area contributed by atoms with Gasteiger partial charge in [0.15, 0.2) is 0 Å². The lowest BCUT2D eigenvalue weighted by Gasteiger charge is -2.35. The highest BCUT2D eigenvalue weighted by atomic mass is 32.1. The number of hydrogen-bond acceptors (Lipinski definition) is 2. The monoisotopic (exact) mass is 634 g/mol. The van der Waals surface area contributed by atoms with Crippen LogP contribution in [-0.2, 0) is 0 Å². The van der Waals surface area contributed by atoms with Gasteiger partial charge in [-0.1, -0.05) is 97.1 Å². The fraction of sp³-hybridized carbons (Fsp3) is 0.0682. The molecule has 8 aromatic rings. The maximum absolute atomic E-state index is 5.15. The number of nitrogens with one attached hydrogen (secondary N) is 1. The van der Waals surface area contributed by atoms with Crippen LogP contribution in [0.2, 0.25) is 0 Å². The molecule has 2 atom stereocenters. The second kappa shape index (κ2) is 11.0. The zero-order valence-corrected chi connectivity index (χ0v) is 27.1. The summed E-state index contributed by atoms with van der Waals surface area (Å²) >= 11 is 1.89. The predicted octanol–water partition coefficient (Wildman–Crippen LogP) is 10.4. The van der Waals surface area contributed by atoms with Crippen molar-refractivity contribution in [3.8, 4) is 16.8 Å². The molecule has 0 spiro atoms. The fourth-order valence-corrected chi connectivity index (χ4v) is 8.95. The number of nitrogens with zero attached hydrogens (tertiary/aromatic N) is 2. The van der Waals surface area contributed by atoms with E-state index < -0.39 is 0 Å². The highest BCUT2D eigenvalue weighted by Gasteiger charge is 2.41. The number of aromatic nitrogens is 1. The van der Waals surface area contributed by atoms with Gasteiger partial charge in [0.05, 0.1) is 16.6 Å². The summed E-state index contributed by atoms with van der Waals surface area (Å²) in [5, 5.41) is 5.21. The number of allylic oxidation sites excluding steroid dienone is 2. The summed E-state index contributed by atoms with van der Waals surface area (Å²) in [4.78, 5) is 6.46. The van der Waals surface area contributed by atoms with E-state index in [9.17, 15) is 0 Å². The van der Waals surface area contributed by atoms with E-state index in [0.29, 0.717) is 0 Å². The van der Waals surface area contributed by atoms with Crippen LogP contribution in [0, 0.1) is 0 Å². The van der Waals surface area contributed by atoms with Crippen molar-refractivity contribution in [1.82, 2.24) is 4.57 Å². The van der Waals surface area contributed by atoms with Gasteiger partial charge in [-0.3, -0.25) is 0 Å². The van der Waals surface area contributed by atoms with Crippen molar-refractivity contribution in [2.45, 2.75) is 19.0 Å². The van der Waals surface area contributed by atoms with Crippen molar-refractivity contribution in [1.29, 1.82) is 0 Å². The first-order chi connectivity index (χ1) is 23.8.